The average Bonchev–Trinajstić information content (AvgIpc) is 2.45. The lowest BCUT2D eigenvalue weighted by atomic mass is 10.1. The van der Waals surface area contributed by atoms with Gasteiger partial charge in [0.05, 0.1) is 0 Å². The third-order valence-electron chi connectivity index (χ3n) is 2.66. The molecular formula is C15H15ClN2O4. The van der Waals surface area contributed by atoms with E-state index in [-0.39, 0.29) is 11.3 Å². The first kappa shape index (κ1) is 17.3. The van der Waals surface area contributed by atoms with Gasteiger partial charge in [0, 0.05) is 21.9 Å². The van der Waals surface area contributed by atoms with E-state index in [2.05, 4.69) is 0 Å². The lowest BCUT2D eigenvalue weighted by molar-refractivity contribution is 0.100. The van der Waals surface area contributed by atoms with Crippen LogP contribution in [0.3, 0.4) is 0 Å². The maximum atomic E-state index is 10.5. The summed E-state index contributed by atoms with van der Waals surface area (Å²) in [5, 5.41) is 35.0. The fourth-order valence-corrected chi connectivity index (χ4v) is 1.61. The van der Waals surface area contributed by atoms with Gasteiger partial charge in [-0.05, 0) is 43.3 Å². The number of benzene rings is 2. The number of carbonyl (C=O) groups is 1. The number of nitrogens with one attached hydrogen (secondary N) is 1. The van der Waals surface area contributed by atoms with Crippen LogP contribution in [0.2, 0.25) is 5.02 Å². The van der Waals surface area contributed by atoms with Gasteiger partial charge in [-0.1, -0.05) is 11.6 Å². The summed E-state index contributed by atoms with van der Waals surface area (Å²) in [4.78, 5) is 10.5. The van der Waals surface area contributed by atoms with Crippen molar-refractivity contribution in [3.05, 3.63) is 52.5 Å². The molecule has 0 unspecified atom stereocenters. The smallest absolute Gasteiger partial charge is 0.248 e. The van der Waals surface area contributed by atoms with Crippen LogP contribution >= 0.6 is 11.6 Å². The highest BCUT2D eigenvalue weighted by Gasteiger charge is 2.11. The molecule has 0 aliphatic carbocycles. The van der Waals surface area contributed by atoms with Crippen LogP contribution in [0.5, 0.6) is 17.2 Å². The molecule has 0 saturated carbocycles. The van der Waals surface area contributed by atoms with Gasteiger partial charge in [-0.2, -0.15) is 0 Å². The Morgan fingerprint density at radius 3 is 2.05 bits per heavy atom. The van der Waals surface area contributed by atoms with Crippen molar-refractivity contribution < 1.29 is 20.1 Å². The Bertz CT molecular complexity index is 699. The van der Waals surface area contributed by atoms with Crippen LogP contribution in [-0.4, -0.2) is 26.9 Å². The number of hydrogen-bond acceptors (Lipinski definition) is 5. The molecule has 0 aliphatic rings. The van der Waals surface area contributed by atoms with Gasteiger partial charge in [0.15, 0.2) is 11.5 Å². The van der Waals surface area contributed by atoms with E-state index in [1.807, 2.05) is 0 Å². The fraction of sp³-hybridized carbons (Fsp3) is 0.0667. The Labute approximate surface area is 131 Å². The van der Waals surface area contributed by atoms with Gasteiger partial charge in [0.25, 0.3) is 0 Å². The largest absolute Gasteiger partial charge is 0.504 e. The fourth-order valence-electron chi connectivity index (χ4n) is 1.49. The highest BCUT2D eigenvalue weighted by molar-refractivity contribution is 6.30. The molecule has 6 nitrogen and oxygen atoms in total. The molecule has 2 rings (SSSR count). The van der Waals surface area contributed by atoms with Gasteiger partial charge >= 0.3 is 0 Å². The molecule has 0 fully saturated rings. The van der Waals surface area contributed by atoms with Crippen molar-refractivity contribution in [1.29, 1.82) is 5.41 Å². The van der Waals surface area contributed by atoms with Gasteiger partial charge in [-0.15, -0.1) is 0 Å². The van der Waals surface area contributed by atoms with Crippen LogP contribution in [-0.2, 0) is 0 Å². The van der Waals surface area contributed by atoms with Gasteiger partial charge in [-0.3, -0.25) is 4.79 Å². The van der Waals surface area contributed by atoms with Crippen molar-refractivity contribution in [1.82, 2.24) is 0 Å². The number of primary amides is 1. The zero-order chi connectivity index (χ0) is 16.9. The lowest BCUT2D eigenvalue weighted by Crippen LogP contribution is -2.10. The van der Waals surface area contributed by atoms with E-state index in [9.17, 15) is 9.90 Å². The Morgan fingerprint density at radius 2 is 1.59 bits per heavy atom. The second-order valence-corrected chi connectivity index (χ2v) is 4.76. The molecule has 0 bridgehead atoms. The molecular weight excluding hydrogens is 308 g/mol. The van der Waals surface area contributed by atoms with E-state index in [1.165, 1.54) is 19.1 Å². The zero-order valence-electron chi connectivity index (χ0n) is 11.7. The maximum Gasteiger partial charge on any atom is 0.248 e. The normalized spacial score (nSPS) is 9.55. The average molecular weight is 323 g/mol. The van der Waals surface area contributed by atoms with Crippen LogP contribution in [0.15, 0.2) is 36.4 Å². The molecule has 2 aromatic rings. The number of amides is 1. The Morgan fingerprint density at radius 1 is 1.05 bits per heavy atom. The van der Waals surface area contributed by atoms with Gasteiger partial charge in [0.1, 0.15) is 0 Å². The van der Waals surface area contributed by atoms with Crippen LogP contribution < -0.4 is 5.73 Å². The number of hydrogen-bond donors (Lipinski definition) is 5. The second kappa shape index (κ2) is 7.33. The van der Waals surface area contributed by atoms with Crippen LogP contribution in [0.4, 0.5) is 0 Å². The highest BCUT2D eigenvalue weighted by atomic mass is 35.5. The SMILES string of the molecule is CC(=N)c1ccc(O)c(O)c1O.NC(=O)c1ccc(Cl)cc1. The topological polar surface area (TPSA) is 128 Å². The number of halogens is 1. The zero-order valence-corrected chi connectivity index (χ0v) is 12.4. The molecule has 1 amide bonds. The quantitative estimate of drug-likeness (QED) is 0.430. The first-order chi connectivity index (χ1) is 10.2. The minimum Gasteiger partial charge on any atom is -0.504 e. The van der Waals surface area contributed by atoms with Crippen molar-refractivity contribution in [2.75, 3.05) is 0 Å². The third-order valence-corrected chi connectivity index (χ3v) is 2.91. The van der Waals surface area contributed by atoms with Crippen molar-refractivity contribution in [3.63, 3.8) is 0 Å². The summed E-state index contributed by atoms with van der Waals surface area (Å²) in [6, 6.07) is 9.02. The summed E-state index contributed by atoms with van der Waals surface area (Å²) in [5.41, 5.74) is 5.80. The Kier molecular flexibility index (Phi) is 5.77. The molecule has 116 valence electrons. The number of phenols is 3. The van der Waals surface area contributed by atoms with Crippen molar-refractivity contribution in [2.45, 2.75) is 6.92 Å². The molecule has 0 saturated heterocycles. The summed E-state index contributed by atoms with van der Waals surface area (Å²) in [6.07, 6.45) is 0. The molecule has 0 aromatic heterocycles. The van der Waals surface area contributed by atoms with Crippen LogP contribution in [0.1, 0.15) is 22.8 Å². The molecule has 0 heterocycles. The third kappa shape index (κ3) is 4.39. The summed E-state index contributed by atoms with van der Waals surface area (Å²) in [7, 11) is 0. The molecule has 0 radical (unpaired) electrons. The first-order valence-electron chi connectivity index (χ1n) is 6.08. The molecule has 0 atom stereocenters. The molecule has 22 heavy (non-hydrogen) atoms. The minimum atomic E-state index is -0.584. The molecule has 0 spiro atoms. The molecule has 2 aromatic carbocycles. The number of nitrogens with two attached hydrogens (primary N) is 1. The van der Waals surface area contributed by atoms with Crippen LogP contribution in [0.25, 0.3) is 0 Å². The van der Waals surface area contributed by atoms with Crippen molar-refractivity contribution >= 4 is 23.2 Å². The Hall–Kier alpha value is -2.73. The summed E-state index contributed by atoms with van der Waals surface area (Å²) < 4.78 is 0. The van der Waals surface area contributed by atoms with E-state index in [4.69, 9.17) is 33.0 Å². The minimum absolute atomic E-state index is 0.128. The van der Waals surface area contributed by atoms with Gasteiger partial charge in [0.2, 0.25) is 11.7 Å². The number of phenolic OH excluding ortho intramolecular Hbond substituents is 3. The molecule has 6 N–H and O–H groups in total. The number of aromatic hydroxyl groups is 3. The maximum absolute atomic E-state index is 10.5. The second-order valence-electron chi connectivity index (χ2n) is 4.33. The summed E-state index contributed by atoms with van der Waals surface area (Å²) in [5.74, 6) is -1.87. The highest BCUT2D eigenvalue weighted by Crippen LogP contribution is 2.36. The monoisotopic (exact) mass is 322 g/mol. The van der Waals surface area contributed by atoms with Crippen LogP contribution in [0, 0.1) is 5.41 Å². The van der Waals surface area contributed by atoms with Gasteiger partial charge in [-0.25, -0.2) is 0 Å². The van der Waals surface area contributed by atoms with E-state index in [0.29, 0.717) is 10.6 Å². The Balaban J connectivity index is 0.000000224. The van der Waals surface area contributed by atoms with E-state index >= 15 is 0 Å². The standard InChI is InChI=1S/C8H9NO3.C7H6ClNO/c1-4(9)5-2-3-6(10)8(12)7(5)11;8-6-3-1-5(2-4-6)7(9)10/h2-3,9-12H,1H3;1-4H,(H2,9,10). The molecule has 0 aliphatic heterocycles. The predicted molar refractivity (Wildman–Crippen MR) is 83.9 cm³/mol. The predicted octanol–water partition coefficient (Wildman–Crippen LogP) is 2.63. The summed E-state index contributed by atoms with van der Waals surface area (Å²) in [6.45, 7) is 1.48. The first-order valence-corrected chi connectivity index (χ1v) is 6.46. The van der Waals surface area contributed by atoms with Crippen molar-refractivity contribution in [3.8, 4) is 17.2 Å². The lowest BCUT2D eigenvalue weighted by Gasteiger charge is -2.05. The van der Waals surface area contributed by atoms with Crippen molar-refractivity contribution in [2.24, 2.45) is 5.73 Å². The number of rotatable bonds is 2. The van der Waals surface area contributed by atoms with Gasteiger partial charge < -0.3 is 26.5 Å². The summed E-state index contributed by atoms with van der Waals surface area (Å²) >= 11 is 5.56. The van der Waals surface area contributed by atoms with E-state index < -0.39 is 23.2 Å². The van der Waals surface area contributed by atoms with E-state index in [0.717, 1.165) is 0 Å². The number of carbonyl (C=O) groups excluding carboxylic acids is 1. The molecule has 7 heteroatoms. The van der Waals surface area contributed by atoms with E-state index in [1.54, 1.807) is 24.3 Å².